The summed E-state index contributed by atoms with van der Waals surface area (Å²) in [5.74, 6) is -1.82. The molecule has 0 aliphatic rings. The number of hydrogen-bond acceptors (Lipinski definition) is 13. The Labute approximate surface area is 481 Å². The minimum atomic E-state index is -4.06. The minimum absolute atomic E-state index is 0.0983. The maximum absolute atomic E-state index is 14.7. The summed E-state index contributed by atoms with van der Waals surface area (Å²) in [6.45, 7) is 43.6. The van der Waals surface area contributed by atoms with Crippen LogP contribution in [0.25, 0.3) is 0 Å². The number of primary amides is 1. The molecule has 0 aliphatic carbocycles. The number of likely N-dealkylation sites (N-methyl/N-ethyl adjacent to an activating group) is 2. The molecule has 466 valence electrons. The van der Waals surface area contributed by atoms with E-state index in [2.05, 4.69) is 54.5 Å². The van der Waals surface area contributed by atoms with Gasteiger partial charge in [-0.15, -0.1) is 0 Å². The molecule has 0 rings (SSSR count). The zero-order chi connectivity index (χ0) is 62.9. The van der Waals surface area contributed by atoms with Crippen LogP contribution in [0.5, 0.6) is 0 Å². The minimum Gasteiger partial charge on any atom is -0.466 e. The van der Waals surface area contributed by atoms with Gasteiger partial charge in [0, 0.05) is 18.1 Å². The lowest BCUT2D eigenvalue weighted by Crippen LogP contribution is -2.69. The van der Waals surface area contributed by atoms with E-state index in [0.29, 0.717) is 42.1 Å². The molecule has 0 heterocycles. The average molecular weight is 1170 g/mol. The lowest BCUT2D eigenvalue weighted by atomic mass is 9.34. The SMILES string of the molecule is CC.CCC.CCCC(C)(C(=O)OCC[N+](C)(C)CCCS(=O)(=O)O)C(C)(C)C(C)(C)C(C)(C(=O)OCC)C(C)(C)C(C)(C)C(C)(C(=O)OCCO)C(C)(C)C.CCCC(S)CCCCC(N)=O.C[N+](C)(C)CCO.OP. The summed E-state index contributed by atoms with van der Waals surface area (Å²) in [6.07, 6.45) is 8.62. The maximum Gasteiger partial charge on any atom is 0.312 e. The molecule has 0 aliphatic heterocycles. The number of thiol groups is 1. The van der Waals surface area contributed by atoms with Gasteiger partial charge in [-0.2, -0.15) is 21.0 Å². The van der Waals surface area contributed by atoms with Crippen LogP contribution < -0.4 is 5.73 Å². The summed E-state index contributed by atoms with van der Waals surface area (Å²) in [7, 11) is 7.33. The van der Waals surface area contributed by atoms with E-state index in [1.54, 1.807) is 6.92 Å². The summed E-state index contributed by atoms with van der Waals surface area (Å²) in [5, 5.41) is 18.4. The van der Waals surface area contributed by atoms with Crippen molar-refractivity contribution in [1.29, 1.82) is 0 Å². The van der Waals surface area contributed by atoms with Crippen LogP contribution in [0.3, 0.4) is 0 Å². The smallest absolute Gasteiger partial charge is 0.312 e. The standard InChI is InChI=1S/C39H75NO10S.C9H19NOS.C5H14NO.C3H8.C2H6.H3OP/c1-19-22-37(14,29(42)49-26-24-40(17,18)23-21-28-51(45,46)47)33(6,7)34(8,9)39(16,31(44)48-20-2)36(12,13)35(10,11)38(15,32(3,4)5)30(43)50-27-25-41;1-2-5-8(12)6-3-4-7-9(10)11;1-6(2,3)4-5-7;1-3-2;2*1-2/h41H,19-28H2,1-18H3;8,12H,2-7H2,1H3,(H2,10,11);7H,4-5H2,1-3H3;3H2,1-2H3;1-2H3;1H,2H2/q;;+1;;;/p+1. The molecule has 0 bridgehead atoms. The predicted molar refractivity (Wildman–Crippen MR) is 327 cm³/mol. The molecule has 0 aromatic heterocycles. The quantitative estimate of drug-likeness (QED) is 0.00748. The second-order valence-corrected chi connectivity index (χ2v) is 27.7. The van der Waals surface area contributed by atoms with E-state index < -0.39 is 71.3 Å². The van der Waals surface area contributed by atoms with Gasteiger partial charge in [-0.05, 0) is 89.9 Å². The second-order valence-electron chi connectivity index (χ2n) is 25.4. The number of carbonyl (C=O) groups excluding carboxylic acids is 4. The first kappa shape index (κ1) is 86.6. The molecule has 0 saturated heterocycles. The summed E-state index contributed by atoms with van der Waals surface area (Å²) in [6, 6.07) is 0. The first-order chi connectivity index (χ1) is 34.7. The Hall–Kier alpha value is -1.63. The molecule has 5 atom stereocenters. The highest BCUT2D eigenvalue weighted by molar-refractivity contribution is 7.85. The van der Waals surface area contributed by atoms with E-state index >= 15 is 0 Å². The van der Waals surface area contributed by atoms with Gasteiger partial charge in [-0.3, -0.25) is 23.7 Å². The number of esters is 3. The number of unbranched alkanes of at least 4 members (excludes halogenated alkanes) is 1. The van der Waals surface area contributed by atoms with E-state index in [-0.39, 0.29) is 51.1 Å². The Balaban J connectivity index is -0.000000396. The highest BCUT2D eigenvalue weighted by Gasteiger charge is 2.73. The van der Waals surface area contributed by atoms with Crippen molar-refractivity contribution < 1.29 is 70.4 Å². The van der Waals surface area contributed by atoms with Crippen LogP contribution in [0.2, 0.25) is 0 Å². The number of nitrogens with two attached hydrogens (primary N) is 1. The van der Waals surface area contributed by atoms with Gasteiger partial charge in [0.1, 0.15) is 26.3 Å². The number of ether oxygens (including phenoxy) is 3. The zero-order valence-electron chi connectivity index (χ0n) is 54.4. The van der Waals surface area contributed by atoms with E-state index in [1.807, 2.05) is 132 Å². The van der Waals surface area contributed by atoms with E-state index in [1.165, 1.54) is 28.7 Å². The van der Waals surface area contributed by atoms with Crippen LogP contribution in [-0.4, -0.2) is 160 Å². The van der Waals surface area contributed by atoms with Crippen LogP contribution in [0.1, 0.15) is 210 Å². The van der Waals surface area contributed by atoms with Crippen molar-refractivity contribution in [1.82, 2.24) is 0 Å². The zero-order valence-corrected chi connectivity index (χ0v) is 57.2. The number of hydrogen-bond donors (Lipinski definition) is 6. The molecule has 6 N–H and O–H groups in total. The summed E-state index contributed by atoms with van der Waals surface area (Å²) < 4.78 is 50.4. The number of aliphatic hydroxyl groups excluding tert-OH is 2. The predicted octanol–water partition coefficient (Wildman–Crippen LogP) is 11.0. The van der Waals surface area contributed by atoms with Gasteiger partial charge in [-0.1, -0.05) is 143 Å². The summed E-state index contributed by atoms with van der Waals surface area (Å²) in [4.78, 5) is 60.5. The monoisotopic (exact) mass is 1170 g/mol. The van der Waals surface area contributed by atoms with Crippen molar-refractivity contribution in [3.05, 3.63) is 0 Å². The van der Waals surface area contributed by atoms with Crippen LogP contribution >= 0.6 is 22.1 Å². The van der Waals surface area contributed by atoms with Gasteiger partial charge in [0.05, 0.1) is 83.6 Å². The Bertz CT molecular complexity index is 1730. The molecule has 5 unspecified atom stereocenters. The van der Waals surface area contributed by atoms with Crippen LogP contribution in [-0.2, 0) is 43.5 Å². The van der Waals surface area contributed by atoms with Crippen LogP contribution in [0.4, 0.5) is 0 Å². The molecule has 1 amide bonds. The second kappa shape index (κ2) is 39.0. The van der Waals surface area contributed by atoms with E-state index in [0.717, 1.165) is 30.3 Å². The summed E-state index contributed by atoms with van der Waals surface area (Å²) in [5.41, 5.74) is -3.00. The molecule has 16 nitrogen and oxygen atoms in total. The van der Waals surface area contributed by atoms with Crippen molar-refractivity contribution >= 4 is 56.0 Å². The van der Waals surface area contributed by atoms with Crippen LogP contribution in [0.15, 0.2) is 0 Å². The Morgan fingerprint density at radius 2 is 1.03 bits per heavy atom. The fourth-order valence-electron chi connectivity index (χ4n) is 9.87. The van der Waals surface area contributed by atoms with Crippen molar-refractivity contribution in [3.8, 4) is 0 Å². The Kier molecular flexibility index (Phi) is 43.8. The van der Waals surface area contributed by atoms with Gasteiger partial charge in [-0.25, -0.2) is 0 Å². The first-order valence-corrected chi connectivity index (χ1v) is 30.9. The third kappa shape index (κ3) is 27.3. The number of nitrogens with zero attached hydrogens (tertiary/aromatic N) is 2. The van der Waals surface area contributed by atoms with Crippen molar-refractivity contribution in [2.75, 3.05) is 93.7 Å². The number of carbonyl (C=O) groups is 4. The van der Waals surface area contributed by atoms with Gasteiger partial charge < -0.3 is 44.0 Å². The van der Waals surface area contributed by atoms with Crippen molar-refractivity contribution in [3.63, 3.8) is 0 Å². The third-order valence-electron chi connectivity index (χ3n) is 17.1. The fraction of sp³-hybridized carbons (Fsp3) is 0.931. The lowest BCUT2D eigenvalue weighted by molar-refractivity contribution is -0.890. The van der Waals surface area contributed by atoms with Gasteiger partial charge in [0.2, 0.25) is 5.91 Å². The first-order valence-electron chi connectivity index (χ1n) is 28.3. The molecule has 0 radical (unpaired) electrons. The Morgan fingerprint density at radius 1 is 0.597 bits per heavy atom. The number of amides is 1. The Morgan fingerprint density at radius 3 is 1.38 bits per heavy atom. The fourth-order valence-corrected chi connectivity index (χ4v) is 10.8. The molecule has 0 spiro atoms. The van der Waals surface area contributed by atoms with E-state index in [9.17, 15) is 32.7 Å². The average Bonchev–Trinajstić information content (AvgIpc) is 3.29. The van der Waals surface area contributed by atoms with Crippen LogP contribution in [0, 0.1) is 43.3 Å². The molecule has 0 fully saturated rings. The van der Waals surface area contributed by atoms with Crippen molar-refractivity contribution in [2.45, 2.75) is 215 Å². The van der Waals surface area contributed by atoms with Gasteiger partial charge in [0.15, 0.2) is 0 Å². The molecule has 0 saturated carbocycles. The molecule has 19 heteroatoms. The largest absolute Gasteiger partial charge is 0.466 e. The molecular weight excluding hydrogens is 1040 g/mol. The molecular formula is C58H126N3O13PS2+2. The number of rotatable bonds is 30. The normalized spacial score (nSPS) is 15.1. The highest BCUT2D eigenvalue weighted by Crippen LogP contribution is 2.72. The number of aliphatic hydroxyl groups is 2. The van der Waals surface area contributed by atoms with E-state index in [4.69, 9.17) is 34.5 Å². The van der Waals surface area contributed by atoms with Crippen molar-refractivity contribution in [2.24, 2.45) is 49.1 Å². The maximum atomic E-state index is 14.7. The number of quaternary nitrogens is 2. The van der Waals surface area contributed by atoms with Gasteiger partial charge in [0.25, 0.3) is 10.1 Å². The van der Waals surface area contributed by atoms with Gasteiger partial charge >= 0.3 is 17.9 Å². The highest BCUT2D eigenvalue weighted by atomic mass is 32.2. The molecule has 0 aromatic rings. The molecule has 77 heavy (non-hydrogen) atoms. The molecule has 0 aromatic carbocycles. The third-order valence-corrected chi connectivity index (χ3v) is 18.4. The lowest BCUT2D eigenvalue weighted by Gasteiger charge is -2.68. The topological polar surface area (TPSA) is 237 Å². The summed E-state index contributed by atoms with van der Waals surface area (Å²) >= 11 is 4.42.